The van der Waals surface area contributed by atoms with Crippen molar-refractivity contribution in [2.45, 2.75) is 46.6 Å². The van der Waals surface area contributed by atoms with Crippen molar-refractivity contribution in [1.29, 1.82) is 0 Å². The van der Waals surface area contributed by atoms with Crippen LogP contribution in [0, 0.1) is 5.41 Å². The molecule has 0 atom stereocenters. The van der Waals surface area contributed by atoms with Crippen LogP contribution < -0.4 is 5.32 Å². The third-order valence-electron chi connectivity index (χ3n) is 3.58. The molecule has 0 spiro atoms. The Morgan fingerprint density at radius 2 is 2.00 bits per heavy atom. The van der Waals surface area contributed by atoms with Gasteiger partial charge in [0.1, 0.15) is 12.2 Å². The number of rotatable bonds is 7. The summed E-state index contributed by atoms with van der Waals surface area (Å²) in [6, 6.07) is 0. The van der Waals surface area contributed by atoms with E-state index in [0.717, 1.165) is 25.3 Å². The molecule has 1 heterocycles. The molecule has 92 valence electrons. The van der Waals surface area contributed by atoms with Gasteiger partial charge in [-0.2, -0.15) is 5.10 Å². The molecule has 0 aliphatic heterocycles. The Bertz CT molecular complexity index is 302. The Kier molecular flexibility index (Phi) is 4.93. The fourth-order valence-electron chi connectivity index (χ4n) is 2.21. The molecule has 1 aromatic heterocycles. The topological polar surface area (TPSA) is 42.7 Å². The molecular weight excluding hydrogens is 200 g/mol. The van der Waals surface area contributed by atoms with Crippen molar-refractivity contribution in [2.24, 2.45) is 5.41 Å². The van der Waals surface area contributed by atoms with Gasteiger partial charge in [0, 0.05) is 19.5 Å². The van der Waals surface area contributed by atoms with E-state index in [9.17, 15) is 0 Å². The number of nitrogens with zero attached hydrogens (tertiary/aromatic N) is 3. The van der Waals surface area contributed by atoms with E-state index in [2.05, 4.69) is 36.2 Å². The first-order valence-electron chi connectivity index (χ1n) is 6.22. The molecule has 4 nitrogen and oxygen atoms in total. The minimum Gasteiger partial charge on any atom is -0.319 e. The Morgan fingerprint density at radius 3 is 2.50 bits per heavy atom. The van der Waals surface area contributed by atoms with Crippen LogP contribution in [-0.4, -0.2) is 28.4 Å². The standard InChI is InChI=1S/C12H24N4/c1-5-12(6-2,9-13-4)8-11-14-10-15-16(11)7-3/h10,13H,5-9H2,1-4H3. The molecule has 0 amide bonds. The van der Waals surface area contributed by atoms with Crippen molar-refractivity contribution in [3.8, 4) is 0 Å². The molecule has 0 aliphatic carbocycles. The van der Waals surface area contributed by atoms with Crippen LogP contribution in [0.15, 0.2) is 6.33 Å². The second kappa shape index (κ2) is 5.99. The first-order valence-corrected chi connectivity index (χ1v) is 6.22. The van der Waals surface area contributed by atoms with Crippen LogP contribution in [0.4, 0.5) is 0 Å². The predicted molar refractivity (Wildman–Crippen MR) is 66.3 cm³/mol. The Labute approximate surface area is 98.5 Å². The van der Waals surface area contributed by atoms with Crippen molar-refractivity contribution < 1.29 is 0 Å². The van der Waals surface area contributed by atoms with Crippen LogP contribution >= 0.6 is 0 Å². The fraction of sp³-hybridized carbons (Fsp3) is 0.833. The molecule has 0 aliphatic rings. The Balaban J connectivity index is 2.82. The summed E-state index contributed by atoms with van der Waals surface area (Å²) in [5.74, 6) is 1.11. The molecule has 0 fully saturated rings. The third kappa shape index (κ3) is 2.82. The summed E-state index contributed by atoms with van der Waals surface area (Å²) >= 11 is 0. The molecule has 1 aromatic rings. The first kappa shape index (κ1) is 13.2. The quantitative estimate of drug-likeness (QED) is 0.769. The van der Waals surface area contributed by atoms with Crippen molar-refractivity contribution >= 4 is 0 Å². The second-order valence-corrected chi connectivity index (χ2v) is 4.41. The normalized spacial score (nSPS) is 12.0. The van der Waals surface area contributed by atoms with E-state index in [-0.39, 0.29) is 0 Å². The molecular formula is C12H24N4. The molecule has 0 bridgehead atoms. The van der Waals surface area contributed by atoms with E-state index in [1.165, 1.54) is 12.8 Å². The van der Waals surface area contributed by atoms with Crippen molar-refractivity contribution in [2.75, 3.05) is 13.6 Å². The lowest BCUT2D eigenvalue weighted by atomic mass is 9.79. The lowest BCUT2D eigenvalue weighted by Crippen LogP contribution is -2.34. The molecule has 1 rings (SSSR count). The van der Waals surface area contributed by atoms with Gasteiger partial charge in [-0.1, -0.05) is 13.8 Å². The fourth-order valence-corrected chi connectivity index (χ4v) is 2.21. The van der Waals surface area contributed by atoms with Gasteiger partial charge in [0.2, 0.25) is 0 Å². The predicted octanol–water partition coefficient (Wildman–Crippen LogP) is 1.87. The van der Waals surface area contributed by atoms with Crippen molar-refractivity contribution in [3.63, 3.8) is 0 Å². The average Bonchev–Trinajstić information content (AvgIpc) is 2.75. The molecule has 0 radical (unpaired) electrons. The van der Waals surface area contributed by atoms with Gasteiger partial charge in [-0.05, 0) is 32.2 Å². The van der Waals surface area contributed by atoms with Crippen LogP contribution in [0.5, 0.6) is 0 Å². The summed E-state index contributed by atoms with van der Waals surface area (Å²) in [5, 5.41) is 7.54. The van der Waals surface area contributed by atoms with Gasteiger partial charge in [-0.25, -0.2) is 4.98 Å². The Hall–Kier alpha value is -0.900. The molecule has 4 heteroatoms. The average molecular weight is 224 g/mol. The highest BCUT2D eigenvalue weighted by atomic mass is 15.3. The zero-order chi connectivity index (χ0) is 12.0. The third-order valence-corrected chi connectivity index (χ3v) is 3.58. The smallest absolute Gasteiger partial charge is 0.138 e. The number of hydrogen-bond acceptors (Lipinski definition) is 3. The van der Waals surface area contributed by atoms with Gasteiger partial charge in [0.15, 0.2) is 0 Å². The molecule has 16 heavy (non-hydrogen) atoms. The minimum absolute atomic E-state index is 0.314. The zero-order valence-corrected chi connectivity index (χ0v) is 11.0. The summed E-state index contributed by atoms with van der Waals surface area (Å²) in [6.45, 7) is 8.56. The zero-order valence-electron chi connectivity index (χ0n) is 11.0. The maximum atomic E-state index is 4.37. The molecule has 0 unspecified atom stereocenters. The van der Waals surface area contributed by atoms with E-state index in [4.69, 9.17) is 0 Å². The van der Waals surface area contributed by atoms with Crippen LogP contribution in [-0.2, 0) is 13.0 Å². The summed E-state index contributed by atoms with van der Waals surface area (Å²) in [6.07, 6.45) is 5.00. The number of hydrogen-bond donors (Lipinski definition) is 1. The highest BCUT2D eigenvalue weighted by Crippen LogP contribution is 2.29. The van der Waals surface area contributed by atoms with Gasteiger partial charge < -0.3 is 5.32 Å². The summed E-state index contributed by atoms with van der Waals surface area (Å²) in [5.41, 5.74) is 0.314. The molecule has 0 saturated carbocycles. The van der Waals surface area contributed by atoms with Crippen LogP contribution in [0.2, 0.25) is 0 Å². The van der Waals surface area contributed by atoms with E-state index in [0.29, 0.717) is 5.41 Å². The maximum Gasteiger partial charge on any atom is 0.138 e. The molecule has 0 aromatic carbocycles. The van der Waals surface area contributed by atoms with Crippen molar-refractivity contribution in [1.82, 2.24) is 20.1 Å². The van der Waals surface area contributed by atoms with Crippen LogP contribution in [0.1, 0.15) is 39.4 Å². The highest BCUT2D eigenvalue weighted by molar-refractivity contribution is 4.94. The number of nitrogens with one attached hydrogen (secondary N) is 1. The van der Waals surface area contributed by atoms with Gasteiger partial charge in [0.25, 0.3) is 0 Å². The SMILES string of the molecule is CCn1ncnc1CC(CC)(CC)CNC. The first-order chi connectivity index (χ1) is 7.71. The van der Waals surface area contributed by atoms with E-state index < -0.39 is 0 Å². The second-order valence-electron chi connectivity index (χ2n) is 4.41. The van der Waals surface area contributed by atoms with Crippen LogP contribution in [0.3, 0.4) is 0 Å². The van der Waals surface area contributed by atoms with E-state index >= 15 is 0 Å². The van der Waals surface area contributed by atoms with Gasteiger partial charge in [0.05, 0.1) is 0 Å². The minimum atomic E-state index is 0.314. The van der Waals surface area contributed by atoms with Gasteiger partial charge in [-0.15, -0.1) is 0 Å². The van der Waals surface area contributed by atoms with E-state index in [1.807, 2.05) is 11.7 Å². The maximum absolute atomic E-state index is 4.37. The summed E-state index contributed by atoms with van der Waals surface area (Å²) < 4.78 is 2.00. The highest BCUT2D eigenvalue weighted by Gasteiger charge is 2.27. The summed E-state index contributed by atoms with van der Waals surface area (Å²) in [4.78, 5) is 4.37. The molecule has 0 saturated heterocycles. The van der Waals surface area contributed by atoms with Gasteiger partial charge in [-0.3, -0.25) is 4.68 Å². The summed E-state index contributed by atoms with van der Waals surface area (Å²) in [7, 11) is 2.02. The Morgan fingerprint density at radius 1 is 1.31 bits per heavy atom. The van der Waals surface area contributed by atoms with Crippen molar-refractivity contribution in [3.05, 3.63) is 12.2 Å². The molecule has 1 N–H and O–H groups in total. The van der Waals surface area contributed by atoms with Crippen LogP contribution in [0.25, 0.3) is 0 Å². The van der Waals surface area contributed by atoms with E-state index in [1.54, 1.807) is 6.33 Å². The lowest BCUT2D eigenvalue weighted by Gasteiger charge is -2.31. The number of aryl methyl sites for hydroxylation is 1. The monoisotopic (exact) mass is 224 g/mol. The lowest BCUT2D eigenvalue weighted by molar-refractivity contribution is 0.244. The number of aromatic nitrogens is 3. The largest absolute Gasteiger partial charge is 0.319 e. The van der Waals surface area contributed by atoms with Gasteiger partial charge >= 0.3 is 0 Å².